The van der Waals surface area contributed by atoms with Crippen LogP contribution in [0.25, 0.3) is 22.4 Å². The zero-order chi connectivity index (χ0) is 18.8. The Balaban J connectivity index is 1.63. The molecule has 0 unspecified atom stereocenters. The highest BCUT2D eigenvalue weighted by Crippen LogP contribution is 2.32. The molecule has 27 heavy (non-hydrogen) atoms. The fraction of sp³-hybridized carbons (Fsp3) is 0.286. The summed E-state index contributed by atoms with van der Waals surface area (Å²) in [6, 6.07) is 7.07. The van der Waals surface area contributed by atoms with Gasteiger partial charge in [-0.15, -0.1) is 11.3 Å². The maximum absolute atomic E-state index is 12.6. The van der Waals surface area contributed by atoms with E-state index in [4.69, 9.17) is 4.74 Å². The Hall–Kier alpha value is -2.73. The zero-order valence-electron chi connectivity index (χ0n) is 15.1. The van der Waals surface area contributed by atoms with Crippen molar-refractivity contribution in [3.8, 4) is 0 Å². The van der Waals surface area contributed by atoms with E-state index in [0.29, 0.717) is 11.4 Å². The van der Waals surface area contributed by atoms with Crippen molar-refractivity contribution in [2.24, 2.45) is 0 Å². The number of nitrogens with zero attached hydrogens (tertiary/aromatic N) is 1. The summed E-state index contributed by atoms with van der Waals surface area (Å²) in [6.45, 7) is 0. The molecule has 1 aliphatic carbocycles. The second-order valence-corrected chi connectivity index (χ2v) is 7.73. The topological polar surface area (TPSA) is 72.0 Å². The lowest BCUT2D eigenvalue weighted by Gasteiger charge is -2.00. The number of rotatable bonds is 3. The number of nitrogens with one attached hydrogen (secondary N) is 1. The van der Waals surface area contributed by atoms with Gasteiger partial charge in [0.05, 0.1) is 18.1 Å². The number of aromatic nitrogens is 2. The van der Waals surface area contributed by atoms with Crippen LogP contribution in [0, 0.1) is 0 Å². The first-order chi connectivity index (χ1) is 13.2. The number of carbonyl (C=O) groups is 1. The molecule has 6 heteroatoms. The molecular weight excluding hydrogens is 360 g/mol. The molecule has 2 heterocycles. The van der Waals surface area contributed by atoms with Crippen LogP contribution in [0.2, 0.25) is 0 Å². The summed E-state index contributed by atoms with van der Waals surface area (Å²) < 4.78 is 4.70. The van der Waals surface area contributed by atoms with Gasteiger partial charge in [-0.1, -0.05) is 24.6 Å². The van der Waals surface area contributed by atoms with Gasteiger partial charge in [-0.25, -0.2) is 9.78 Å². The molecule has 5 nitrogen and oxygen atoms in total. The van der Waals surface area contributed by atoms with Crippen LogP contribution in [0.5, 0.6) is 0 Å². The predicted molar refractivity (Wildman–Crippen MR) is 108 cm³/mol. The lowest BCUT2D eigenvalue weighted by Crippen LogP contribution is -2.10. The average Bonchev–Trinajstić information content (AvgIpc) is 2.88. The number of hydrogen-bond acceptors (Lipinski definition) is 5. The van der Waals surface area contributed by atoms with E-state index in [-0.39, 0.29) is 11.5 Å². The molecule has 0 radical (unpaired) electrons. The van der Waals surface area contributed by atoms with Gasteiger partial charge in [0, 0.05) is 4.88 Å². The minimum atomic E-state index is -0.362. The van der Waals surface area contributed by atoms with Crippen LogP contribution in [0.4, 0.5) is 0 Å². The Morgan fingerprint density at radius 3 is 2.70 bits per heavy atom. The van der Waals surface area contributed by atoms with E-state index in [0.717, 1.165) is 35.0 Å². The van der Waals surface area contributed by atoms with Gasteiger partial charge < -0.3 is 9.72 Å². The van der Waals surface area contributed by atoms with Crippen LogP contribution in [0.1, 0.15) is 51.4 Å². The van der Waals surface area contributed by atoms with Crippen molar-refractivity contribution in [2.45, 2.75) is 32.1 Å². The highest BCUT2D eigenvalue weighted by molar-refractivity contribution is 7.18. The number of aromatic amines is 1. The minimum absolute atomic E-state index is 0.0555. The standard InChI is InChI=1S/C21H20N2O3S/c1-26-21(25)14-10-7-13(8-11-14)9-12-17-22-19(24)18-15-5-3-2-4-6-16(15)27-20(18)23-17/h7-12H,2-6H2,1H3,(H,22,23,24)/b12-9+. The normalized spacial score (nSPS) is 14.3. The number of thiophene rings is 1. The predicted octanol–water partition coefficient (Wildman–Crippen LogP) is 4.21. The van der Waals surface area contributed by atoms with Gasteiger partial charge in [-0.2, -0.15) is 0 Å². The fourth-order valence-corrected chi connectivity index (χ4v) is 4.73. The van der Waals surface area contributed by atoms with Crippen molar-refractivity contribution in [3.63, 3.8) is 0 Å². The summed E-state index contributed by atoms with van der Waals surface area (Å²) >= 11 is 1.65. The molecule has 0 spiro atoms. The summed E-state index contributed by atoms with van der Waals surface area (Å²) in [5, 5.41) is 0.775. The first kappa shape index (κ1) is 17.7. The number of aryl methyl sites for hydroxylation is 2. The Morgan fingerprint density at radius 2 is 1.93 bits per heavy atom. The van der Waals surface area contributed by atoms with Gasteiger partial charge >= 0.3 is 5.97 Å². The molecule has 2 aromatic heterocycles. The minimum Gasteiger partial charge on any atom is -0.465 e. The Kier molecular flexibility index (Phi) is 4.90. The molecule has 0 saturated carbocycles. The van der Waals surface area contributed by atoms with Crippen molar-refractivity contribution in [1.29, 1.82) is 0 Å². The third-order valence-corrected chi connectivity index (χ3v) is 6.04. The summed E-state index contributed by atoms with van der Waals surface area (Å²) in [4.78, 5) is 33.8. The zero-order valence-corrected chi connectivity index (χ0v) is 15.9. The molecular formula is C21H20N2O3S. The van der Waals surface area contributed by atoms with E-state index in [1.54, 1.807) is 29.5 Å². The average molecular weight is 380 g/mol. The molecule has 0 bridgehead atoms. The molecule has 4 rings (SSSR count). The summed E-state index contributed by atoms with van der Waals surface area (Å²) in [5.74, 6) is 0.181. The maximum atomic E-state index is 12.6. The molecule has 0 fully saturated rings. The van der Waals surface area contributed by atoms with Crippen LogP contribution >= 0.6 is 11.3 Å². The van der Waals surface area contributed by atoms with Gasteiger partial charge in [0.25, 0.3) is 5.56 Å². The maximum Gasteiger partial charge on any atom is 0.337 e. The lowest BCUT2D eigenvalue weighted by molar-refractivity contribution is 0.0600. The SMILES string of the molecule is COC(=O)c1ccc(/C=C/c2nc3sc4c(c3c(=O)[nH]2)CCCCC4)cc1. The fourth-order valence-electron chi connectivity index (χ4n) is 3.46. The molecule has 0 saturated heterocycles. The van der Waals surface area contributed by atoms with E-state index in [1.807, 2.05) is 18.2 Å². The number of ether oxygens (including phenoxy) is 1. The molecule has 0 amide bonds. The van der Waals surface area contributed by atoms with E-state index in [1.165, 1.54) is 30.4 Å². The van der Waals surface area contributed by atoms with Crippen LogP contribution < -0.4 is 5.56 Å². The van der Waals surface area contributed by atoms with Crippen LogP contribution in [0.15, 0.2) is 29.1 Å². The molecule has 138 valence electrons. The van der Waals surface area contributed by atoms with Crippen molar-refractivity contribution in [2.75, 3.05) is 7.11 Å². The number of benzene rings is 1. The Bertz CT molecular complexity index is 1080. The number of carbonyl (C=O) groups excluding carboxylic acids is 1. The van der Waals surface area contributed by atoms with Gasteiger partial charge in [0.1, 0.15) is 10.7 Å². The molecule has 1 aromatic carbocycles. The highest BCUT2D eigenvalue weighted by atomic mass is 32.1. The first-order valence-electron chi connectivity index (χ1n) is 9.07. The highest BCUT2D eigenvalue weighted by Gasteiger charge is 2.18. The molecule has 1 N–H and O–H groups in total. The molecule has 0 atom stereocenters. The van der Waals surface area contributed by atoms with Gasteiger partial charge in [0.2, 0.25) is 0 Å². The second kappa shape index (κ2) is 7.48. The third kappa shape index (κ3) is 3.57. The summed E-state index contributed by atoms with van der Waals surface area (Å²) in [5.41, 5.74) is 2.56. The van der Waals surface area contributed by atoms with E-state index in [2.05, 4.69) is 9.97 Å². The van der Waals surface area contributed by atoms with E-state index >= 15 is 0 Å². The summed E-state index contributed by atoms with van der Waals surface area (Å²) in [7, 11) is 1.36. The quantitative estimate of drug-likeness (QED) is 0.546. The van der Waals surface area contributed by atoms with Crippen LogP contribution in [0.3, 0.4) is 0 Å². The number of esters is 1. The lowest BCUT2D eigenvalue weighted by atomic mass is 10.1. The molecule has 1 aliphatic rings. The van der Waals surface area contributed by atoms with Crippen molar-refractivity contribution in [3.05, 3.63) is 62.0 Å². The molecule has 0 aliphatic heterocycles. The molecule has 3 aromatic rings. The first-order valence-corrected chi connectivity index (χ1v) is 9.88. The van der Waals surface area contributed by atoms with Crippen molar-refractivity contribution >= 4 is 39.7 Å². The number of methoxy groups -OCH3 is 1. The van der Waals surface area contributed by atoms with E-state index in [9.17, 15) is 9.59 Å². The van der Waals surface area contributed by atoms with Crippen LogP contribution in [-0.2, 0) is 17.6 Å². The number of fused-ring (bicyclic) bond motifs is 3. The van der Waals surface area contributed by atoms with Gasteiger partial charge in [-0.3, -0.25) is 4.79 Å². The number of H-pyrrole nitrogens is 1. The van der Waals surface area contributed by atoms with Crippen molar-refractivity contribution in [1.82, 2.24) is 9.97 Å². The smallest absolute Gasteiger partial charge is 0.337 e. The largest absolute Gasteiger partial charge is 0.465 e. The van der Waals surface area contributed by atoms with E-state index < -0.39 is 0 Å². The summed E-state index contributed by atoms with van der Waals surface area (Å²) in [6.07, 6.45) is 9.23. The second-order valence-electron chi connectivity index (χ2n) is 6.64. The van der Waals surface area contributed by atoms with Gasteiger partial charge in [0.15, 0.2) is 0 Å². The Labute approximate surface area is 160 Å². The third-order valence-electron chi connectivity index (χ3n) is 4.86. The van der Waals surface area contributed by atoms with Crippen molar-refractivity contribution < 1.29 is 9.53 Å². The van der Waals surface area contributed by atoms with Gasteiger partial charge in [-0.05, 0) is 55.0 Å². The Morgan fingerprint density at radius 1 is 1.15 bits per heavy atom. The van der Waals surface area contributed by atoms with Crippen LogP contribution in [-0.4, -0.2) is 23.0 Å². The number of hydrogen-bond donors (Lipinski definition) is 1. The monoisotopic (exact) mass is 380 g/mol.